The van der Waals surface area contributed by atoms with Gasteiger partial charge in [0, 0.05) is 23.5 Å². The molecule has 29 heavy (non-hydrogen) atoms. The fourth-order valence-electron chi connectivity index (χ4n) is 2.72. The van der Waals surface area contributed by atoms with Crippen LogP contribution in [-0.4, -0.2) is 20.6 Å². The van der Waals surface area contributed by atoms with Crippen LogP contribution in [0.4, 0.5) is 18.9 Å². The van der Waals surface area contributed by atoms with E-state index in [1.807, 2.05) is 0 Å². The summed E-state index contributed by atoms with van der Waals surface area (Å²) in [5, 5.41) is 6.37. The normalized spacial score (nSPS) is 10.9. The van der Waals surface area contributed by atoms with Crippen molar-refractivity contribution in [1.82, 2.24) is 14.7 Å². The Hall–Kier alpha value is -3.88. The highest BCUT2D eigenvalue weighted by molar-refractivity contribution is 5.90. The summed E-state index contributed by atoms with van der Waals surface area (Å²) < 4.78 is 46.2. The average molecular weight is 398 g/mol. The van der Waals surface area contributed by atoms with Crippen LogP contribution in [0.3, 0.4) is 0 Å². The Morgan fingerprint density at radius 1 is 1.03 bits per heavy atom. The lowest BCUT2D eigenvalue weighted by molar-refractivity contribution is -0.116. The van der Waals surface area contributed by atoms with Crippen molar-refractivity contribution < 1.29 is 22.5 Å². The Morgan fingerprint density at radius 2 is 1.83 bits per heavy atom. The molecule has 4 aromatic rings. The number of benzene rings is 2. The number of anilines is 1. The Morgan fingerprint density at radius 3 is 2.59 bits per heavy atom. The van der Waals surface area contributed by atoms with Gasteiger partial charge in [0.25, 0.3) is 5.89 Å². The van der Waals surface area contributed by atoms with E-state index in [-0.39, 0.29) is 29.8 Å². The topological polar surface area (TPSA) is 73.0 Å². The van der Waals surface area contributed by atoms with E-state index in [0.29, 0.717) is 11.3 Å². The van der Waals surface area contributed by atoms with Gasteiger partial charge in [-0.1, -0.05) is 5.16 Å². The molecule has 1 amide bonds. The molecule has 9 heteroatoms. The Labute approximate surface area is 162 Å². The number of aromatic nitrogens is 3. The van der Waals surface area contributed by atoms with Gasteiger partial charge in [-0.3, -0.25) is 4.79 Å². The largest absolute Gasteiger partial charge is 0.334 e. The average Bonchev–Trinajstić information content (AvgIpc) is 3.34. The third kappa shape index (κ3) is 4.03. The van der Waals surface area contributed by atoms with Gasteiger partial charge in [0.1, 0.15) is 18.1 Å². The molecule has 2 heterocycles. The highest BCUT2D eigenvalue weighted by atomic mass is 19.2. The first-order valence-electron chi connectivity index (χ1n) is 8.49. The maximum absolute atomic E-state index is 13.3. The molecule has 2 aromatic carbocycles. The van der Waals surface area contributed by atoms with E-state index in [1.165, 1.54) is 30.3 Å². The summed E-state index contributed by atoms with van der Waals surface area (Å²) in [5.74, 6) is -2.42. The molecule has 6 nitrogen and oxygen atoms in total. The van der Waals surface area contributed by atoms with Crippen LogP contribution in [-0.2, 0) is 11.3 Å². The molecule has 0 unspecified atom stereocenters. The van der Waals surface area contributed by atoms with E-state index < -0.39 is 17.5 Å². The summed E-state index contributed by atoms with van der Waals surface area (Å²) in [5.41, 5.74) is 1.21. The van der Waals surface area contributed by atoms with Crippen molar-refractivity contribution in [3.63, 3.8) is 0 Å². The fourth-order valence-corrected chi connectivity index (χ4v) is 2.72. The van der Waals surface area contributed by atoms with Crippen molar-refractivity contribution in [2.75, 3.05) is 5.32 Å². The predicted molar refractivity (Wildman–Crippen MR) is 98.1 cm³/mol. The second kappa shape index (κ2) is 7.63. The summed E-state index contributed by atoms with van der Waals surface area (Å²) in [4.78, 5) is 16.5. The van der Waals surface area contributed by atoms with Gasteiger partial charge < -0.3 is 14.4 Å². The first-order valence-corrected chi connectivity index (χ1v) is 8.49. The molecule has 0 spiro atoms. The van der Waals surface area contributed by atoms with Crippen LogP contribution in [0, 0.1) is 17.5 Å². The van der Waals surface area contributed by atoms with E-state index in [1.54, 1.807) is 22.9 Å². The number of carbonyl (C=O) groups excluding carboxylic acids is 1. The maximum atomic E-state index is 13.3. The molecule has 0 atom stereocenters. The molecule has 1 N–H and O–H groups in total. The minimum atomic E-state index is -1.05. The number of hydrogen-bond acceptors (Lipinski definition) is 4. The molecule has 0 fully saturated rings. The summed E-state index contributed by atoms with van der Waals surface area (Å²) in [6.07, 6.45) is 1.64. The van der Waals surface area contributed by atoms with E-state index in [0.717, 1.165) is 12.1 Å². The molecule has 2 aromatic heterocycles. The SMILES string of the molecule is O=C(Cn1cccc1-c1nc(-c2ccc(F)cc2)no1)Nc1ccc(F)c(F)c1. The molecule has 0 saturated carbocycles. The summed E-state index contributed by atoms with van der Waals surface area (Å²) in [6.45, 7) is -0.115. The van der Waals surface area contributed by atoms with Gasteiger partial charge in [-0.2, -0.15) is 4.98 Å². The molecule has 0 aliphatic heterocycles. The number of halogens is 3. The zero-order valence-electron chi connectivity index (χ0n) is 14.8. The van der Waals surface area contributed by atoms with Crippen LogP contribution in [0.5, 0.6) is 0 Å². The van der Waals surface area contributed by atoms with Crippen LogP contribution < -0.4 is 5.32 Å². The Balaban J connectivity index is 1.50. The molecular formula is C20H13F3N4O2. The van der Waals surface area contributed by atoms with Crippen LogP contribution in [0.15, 0.2) is 65.3 Å². The highest BCUT2D eigenvalue weighted by Crippen LogP contribution is 2.23. The van der Waals surface area contributed by atoms with Crippen LogP contribution in [0.25, 0.3) is 23.0 Å². The van der Waals surface area contributed by atoms with Crippen LogP contribution >= 0.6 is 0 Å². The summed E-state index contributed by atoms with van der Waals surface area (Å²) in [7, 11) is 0. The third-order valence-electron chi connectivity index (χ3n) is 4.09. The lowest BCUT2D eigenvalue weighted by atomic mass is 10.2. The highest BCUT2D eigenvalue weighted by Gasteiger charge is 2.16. The monoisotopic (exact) mass is 398 g/mol. The molecule has 0 radical (unpaired) electrons. The Kier molecular flexibility index (Phi) is 4.86. The first-order chi connectivity index (χ1) is 14.0. The number of hydrogen-bond donors (Lipinski definition) is 1. The van der Waals surface area contributed by atoms with Gasteiger partial charge in [-0.25, -0.2) is 13.2 Å². The van der Waals surface area contributed by atoms with Crippen molar-refractivity contribution in [2.45, 2.75) is 6.54 Å². The standard InChI is InChI=1S/C20H13F3N4O2/c21-13-5-3-12(4-6-13)19-25-20(29-26-19)17-2-1-9-27(17)11-18(28)24-14-7-8-15(22)16(23)10-14/h1-10H,11H2,(H,24,28). The second-order valence-corrected chi connectivity index (χ2v) is 6.13. The number of amides is 1. The van der Waals surface area contributed by atoms with Gasteiger partial charge >= 0.3 is 0 Å². The van der Waals surface area contributed by atoms with Crippen molar-refractivity contribution in [3.05, 3.63) is 78.2 Å². The third-order valence-corrected chi connectivity index (χ3v) is 4.09. The van der Waals surface area contributed by atoms with Gasteiger partial charge in [-0.05, 0) is 48.5 Å². The number of rotatable bonds is 5. The van der Waals surface area contributed by atoms with E-state index in [4.69, 9.17) is 4.52 Å². The van der Waals surface area contributed by atoms with Gasteiger partial charge in [0.05, 0.1) is 0 Å². The molecule has 0 bridgehead atoms. The summed E-state index contributed by atoms with van der Waals surface area (Å²) in [6, 6.07) is 12.1. The zero-order chi connectivity index (χ0) is 20.4. The zero-order valence-corrected chi connectivity index (χ0v) is 14.8. The van der Waals surface area contributed by atoms with E-state index >= 15 is 0 Å². The lowest BCUT2D eigenvalue weighted by Crippen LogP contribution is -2.19. The lowest BCUT2D eigenvalue weighted by Gasteiger charge is -2.08. The van der Waals surface area contributed by atoms with E-state index in [9.17, 15) is 18.0 Å². The van der Waals surface area contributed by atoms with Crippen molar-refractivity contribution >= 4 is 11.6 Å². The number of nitrogens with zero attached hydrogens (tertiary/aromatic N) is 3. The molecule has 4 rings (SSSR count). The smallest absolute Gasteiger partial charge is 0.274 e. The second-order valence-electron chi connectivity index (χ2n) is 6.13. The Bertz CT molecular complexity index is 1170. The quantitative estimate of drug-likeness (QED) is 0.545. The van der Waals surface area contributed by atoms with Crippen LogP contribution in [0.1, 0.15) is 0 Å². The first kappa shape index (κ1) is 18.5. The number of nitrogens with one attached hydrogen (secondary N) is 1. The maximum Gasteiger partial charge on any atom is 0.274 e. The van der Waals surface area contributed by atoms with Crippen molar-refractivity contribution in [1.29, 1.82) is 0 Å². The van der Waals surface area contributed by atoms with Crippen molar-refractivity contribution in [3.8, 4) is 23.0 Å². The minimum Gasteiger partial charge on any atom is -0.334 e. The predicted octanol–water partition coefficient (Wildman–Crippen LogP) is 4.26. The van der Waals surface area contributed by atoms with Gasteiger partial charge in [0.15, 0.2) is 11.6 Å². The molecule has 0 saturated heterocycles. The fraction of sp³-hybridized carbons (Fsp3) is 0.0500. The minimum absolute atomic E-state index is 0.115. The molecular weight excluding hydrogens is 385 g/mol. The summed E-state index contributed by atoms with van der Waals surface area (Å²) >= 11 is 0. The molecule has 0 aliphatic rings. The van der Waals surface area contributed by atoms with Gasteiger partial charge in [-0.15, -0.1) is 0 Å². The van der Waals surface area contributed by atoms with Crippen molar-refractivity contribution in [2.24, 2.45) is 0 Å². The molecule has 146 valence electrons. The van der Waals surface area contributed by atoms with Crippen LogP contribution in [0.2, 0.25) is 0 Å². The molecule has 0 aliphatic carbocycles. The number of carbonyl (C=O) groups is 1. The van der Waals surface area contributed by atoms with E-state index in [2.05, 4.69) is 15.5 Å². The van der Waals surface area contributed by atoms with Gasteiger partial charge in [0.2, 0.25) is 11.7 Å².